The van der Waals surface area contributed by atoms with Crippen molar-refractivity contribution in [1.29, 1.82) is 0 Å². The van der Waals surface area contributed by atoms with Gasteiger partial charge in [0, 0.05) is 34.8 Å². The van der Waals surface area contributed by atoms with E-state index in [2.05, 4.69) is 15.1 Å². The van der Waals surface area contributed by atoms with Gasteiger partial charge in [0.25, 0.3) is 5.95 Å². The Kier molecular flexibility index (Phi) is 6.43. The molecule has 0 bridgehead atoms. The van der Waals surface area contributed by atoms with Crippen molar-refractivity contribution in [2.75, 3.05) is 0 Å². The van der Waals surface area contributed by atoms with Gasteiger partial charge in [0.15, 0.2) is 11.5 Å². The Hall–Kier alpha value is -3.06. The van der Waals surface area contributed by atoms with E-state index in [1.807, 2.05) is 0 Å². The van der Waals surface area contributed by atoms with Crippen molar-refractivity contribution in [3.63, 3.8) is 0 Å². The van der Waals surface area contributed by atoms with Gasteiger partial charge in [0.05, 0.1) is 5.69 Å². The van der Waals surface area contributed by atoms with Crippen LogP contribution in [-0.4, -0.2) is 30.6 Å². The number of carbonyl (C=O) groups excluding carboxylic acids is 1. The number of hydrogen-bond acceptors (Lipinski definition) is 5. The van der Waals surface area contributed by atoms with Crippen LogP contribution in [0.4, 0.5) is 35.1 Å². The van der Waals surface area contributed by atoms with E-state index in [4.69, 9.17) is 0 Å². The van der Waals surface area contributed by atoms with E-state index < -0.39 is 75.5 Å². The molecule has 0 aromatic carbocycles. The Balaban J connectivity index is 0.00000341. The molecule has 0 spiro atoms. The average molecular weight is 502 g/mol. The zero-order valence-electron chi connectivity index (χ0n) is 14.6. The number of alkyl halides is 3. The van der Waals surface area contributed by atoms with Gasteiger partial charge in [-0.3, -0.25) is 4.79 Å². The molecule has 1 N–H and O–H groups in total. The third-order valence-corrected chi connectivity index (χ3v) is 3.78. The van der Waals surface area contributed by atoms with Crippen LogP contribution in [0, 0.1) is 36.4 Å². The molecule has 3 heterocycles. The zero-order valence-corrected chi connectivity index (χ0v) is 15.6. The first kappa shape index (κ1) is 24.2. The molecule has 3 aromatic rings. The molecule has 0 atom stereocenters. The maximum Gasteiger partial charge on any atom is 0.436 e. The van der Waals surface area contributed by atoms with Gasteiger partial charge in [-0.05, 0) is 6.92 Å². The number of aromatic hydroxyl groups is 1. The largest absolute Gasteiger partial charge is 0.493 e. The molecule has 0 aliphatic rings. The van der Waals surface area contributed by atoms with Gasteiger partial charge < -0.3 is 5.11 Å². The SMILES string of the molecule is Cc1nn(-c2c(F)c(F)nc(C(F)(F)F)c2F)c(O)c1C(=O)c1cc(F)nc(F)c1.[Cu]. The van der Waals surface area contributed by atoms with Gasteiger partial charge in [0.2, 0.25) is 29.4 Å². The zero-order chi connectivity index (χ0) is 22.5. The smallest absolute Gasteiger partial charge is 0.436 e. The Morgan fingerprint density at radius 2 is 1.55 bits per heavy atom. The van der Waals surface area contributed by atoms with E-state index in [9.17, 15) is 45.0 Å². The first-order valence-electron chi connectivity index (χ1n) is 7.61. The first-order chi connectivity index (χ1) is 13.8. The van der Waals surface area contributed by atoms with Gasteiger partial charge in [-0.25, -0.2) is 9.37 Å². The summed E-state index contributed by atoms with van der Waals surface area (Å²) in [7, 11) is 0. The van der Waals surface area contributed by atoms with Crippen molar-refractivity contribution < 1.29 is 62.1 Å². The van der Waals surface area contributed by atoms with Gasteiger partial charge in [-0.15, -0.1) is 0 Å². The molecular formula is C16H6CuF8N4O2. The fourth-order valence-corrected chi connectivity index (χ4v) is 2.55. The van der Waals surface area contributed by atoms with Crippen LogP contribution < -0.4 is 0 Å². The van der Waals surface area contributed by atoms with Gasteiger partial charge in [-0.2, -0.15) is 45.5 Å². The topological polar surface area (TPSA) is 80.9 Å². The molecule has 3 aromatic heterocycles. The molecule has 0 saturated carbocycles. The Morgan fingerprint density at radius 1 is 1.00 bits per heavy atom. The fraction of sp³-hybridized carbons (Fsp3) is 0.125. The second-order valence-corrected chi connectivity index (χ2v) is 5.75. The molecule has 31 heavy (non-hydrogen) atoms. The quantitative estimate of drug-likeness (QED) is 0.257. The van der Waals surface area contributed by atoms with Gasteiger partial charge in [-0.1, -0.05) is 0 Å². The Labute approximate surface area is 177 Å². The van der Waals surface area contributed by atoms with E-state index in [-0.39, 0.29) is 21.8 Å². The summed E-state index contributed by atoms with van der Waals surface area (Å²) in [5.74, 6) is -12.5. The second-order valence-electron chi connectivity index (χ2n) is 5.75. The molecule has 15 heteroatoms. The maximum atomic E-state index is 14.3. The van der Waals surface area contributed by atoms with Crippen molar-refractivity contribution in [2.45, 2.75) is 13.1 Å². The summed E-state index contributed by atoms with van der Waals surface area (Å²) < 4.78 is 107. The number of carbonyl (C=O) groups is 1. The summed E-state index contributed by atoms with van der Waals surface area (Å²) in [6.45, 7) is 0.995. The van der Waals surface area contributed by atoms with Gasteiger partial charge in [0.1, 0.15) is 11.3 Å². The standard InChI is InChI=1S/C16H6F8N4O2.Cu/c1-4-8(12(29)5-2-6(17)25-7(18)3-5)15(30)28(27-4)11-9(19)13(16(22,23)24)26-14(21)10(11)20;/h2-3,30H,1H3;. The van der Waals surface area contributed by atoms with Crippen molar-refractivity contribution in [2.24, 2.45) is 0 Å². The summed E-state index contributed by atoms with van der Waals surface area (Å²) >= 11 is 0. The summed E-state index contributed by atoms with van der Waals surface area (Å²) in [4.78, 5) is 17.4. The predicted molar refractivity (Wildman–Crippen MR) is 80.2 cm³/mol. The predicted octanol–water partition coefficient (Wildman–Crippen LogP) is 3.62. The molecule has 3 rings (SSSR count). The number of hydrogen-bond donors (Lipinski definition) is 1. The van der Waals surface area contributed by atoms with Crippen LogP contribution in [-0.2, 0) is 23.2 Å². The van der Waals surface area contributed by atoms with Gasteiger partial charge >= 0.3 is 6.18 Å². The average Bonchev–Trinajstić information content (AvgIpc) is 2.90. The summed E-state index contributed by atoms with van der Waals surface area (Å²) in [6, 6.07) is 0.938. The molecule has 1 radical (unpaired) electrons. The Morgan fingerprint density at radius 3 is 2.06 bits per heavy atom. The normalized spacial score (nSPS) is 11.4. The molecule has 0 saturated heterocycles. The maximum absolute atomic E-state index is 14.3. The van der Waals surface area contributed by atoms with E-state index in [1.165, 1.54) is 0 Å². The summed E-state index contributed by atoms with van der Waals surface area (Å²) in [6.07, 6.45) is -5.53. The van der Waals surface area contributed by atoms with E-state index >= 15 is 0 Å². The van der Waals surface area contributed by atoms with E-state index in [0.29, 0.717) is 12.1 Å². The third kappa shape index (κ3) is 4.23. The van der Waals surface area contributed by atoms with Crippen molar-refractivity contribution >= 4 is 5.78 Å². The monoisotopic (exact) mass is 501 g/mol. The molecule has 0 aliphatic carbocycles. The number of nitrogens with zero attached hydrogens (tertiary/aromatic N) is 4. The molecule has 169 valence electrons. The third-order valence-electron chi connectivity index (χ3n) is 3.78. The Bertz CT molecular complexity index is 1180. The number of pyridine rings is 2. The molecule has 6 nitrogen and oxygen atoms in total. The van der Waals surface area contributed by atoms with Crippen molar-refractivity contribution in [1.82, 2.24) is 19.7 Å². The van der Waals surface area contributed by atoms with E-state index in [0.717, 1.165) is 6.92 Å². The van der Waals surface area contributed by atoms with Crippen molar-refractivity contribution in [3.8, 4) is 11.6 Å². The molecule has 0 unspecified atom stereocenters. The van der Waals surface area contributed by atoms with Crippen LogP contribution in [0.5, 0.6) is 5.88 Å². The summed E-state index contributed by atoms with van der Waals surface area (Å²) in [5, 5.41) is 13.5. The number of aryl methyl sites for hydroxylation is 1. The molecule has 0 fully saturated rings. The first-order valence-corrected chi connectivity index (χ1v) is 7.61. The van der Waals surface area contributed by atoms with Crippen LogP contribution in [0.15, 0.2) is 12.1 Å². The number of ketones is 1. The second kappa shape index (κ2) is 8.23. The van der Waals surface area contributed by atoms with Crippen LogP contribution in [0.2, 0.25) is 0 Å². The molecule has 0 amide bonds. The number of rotatable bonds is 3. The minimum Gasteiger partial charge on any atom is -0.493 e. The fourth-order valence-electron chi connectivity index (χ4n) is 2.55. The minimum atomic E-state index is -5.53. The van der Waals surface area contributed by atoms with Crippen molar-refractivity contribution in [3.05, 3.63) is 64.1 Å². The van der Waals surface area contributed by atoms with E-state index in [1.54, 1.807) is 0 Å². The minimum absolute atomic E-state index is 0. The van der Waals surface area contributed by atoms with Crippen LogP contribution in [0.1, 0.15) is 27.3 Å². The summed E-state index contributed by atoms with van der Waals surface area (Å²) in [5.41, 5.74) is -6.29. The number of aromatic nitrogens is 4. The van der Waals surface area contributed by atoms with Crippen LogP contribution in [0.3, 0.4) is 0 Å². The number of halogens is 8. The molecular weight excluding hydrogens is 496 g/mol. The molecule has 0 aliphatic heterocycles. The van der Waals surface area contributed by atoms with Crippen LogP contribution >= 0.6 is 0 Å². The van der Waals surface area contributed by atoms with Crippen LogP contribution in [0.25, 0.3) is 5.69 Å².